The monoisotopic (exact) mass is 537 g/mol. The first-order chi connectivity index (χ1) is 17.2. The average molecular weight is 538 g/mol. The van der Waals surface area contributed by atoms with E-state index in [0.717, 1.165) is 11.8 Å². The summed E-state index contributed by atoms with van der Waals surface area (Å²) >= 11 is 0. The second kappa shape index (κ2) is 10.9. The van der Waals surface area contributed by atoms with Gasteiger partial charge in [-0.2, -0.15) is 8.78 Å². The molecule has 12 heteroatoms. The molecule has 1 aromatic heterocycles. The van der Waals surface area contributed by atoms with E-state index in [4.69, 9.17) is 0 Å². The fourth-order valence-electron chi connectivity index (χ4n) is 4.25. The lowest BCUT2D eigenvalue weighted by atomic mass is 9.69. The Hall–Kier alpha value is -3.41. The van der Waals surface area contributed by atoms with Gasteiger partial charge in [0.15, 0.2) is 0 Å². The first-order valence-corrected chi connectivity index (χ1v) is 13.5. The summed E-state index contributed by atoms with van der Waals surface area (Å²) in [6.45, 7) is 2.28. The Balaban J connectivity index is 1.91. The number of likely N-dealkylation sites (tertiary alicyclic amines) is 1. The number of aromatic nitrogens is 1. The Kier molecular flexibility index (Phi) is 8.31. The van der Waals surface area contributed by atoms with Gasteiger partial charge in [0.2, 0.25) is 32.6 Å². The number of hydrogen-bond acceptors (Lipinski definition) is 7. The summed E-state index contributed by atoms with van der Waals surface area (Å²) in [5.74, 6) is -1.40. The van der Waals surface area contributed by atoms with Crippen LogP contribution in [0.15, 0.2) is 36.4 Å². The van der Waals surface area contributed by atoms with Crippen molar-refractivity contribution in [1.29, 1.82) is 0 Å². The van der Waals surface area contributed by atoms with Crippen molar-refractivity contribution in [3.05, 3.63) is 53.2 Å². The number of rotatable bonds is 9. The summed E-state index contributed by atoms with van der Waals surface area (Å²) in [6, 6.07) is 10.2. The lowest BCUT2D eigenvalue weighted by Crippen LogP contribution is -2.66. The fourth-order valence-corrected chi connectivity index (χ4v) is 4.72. The molecule has 0 spiro atoms. The zero-order valence-electron chi connectivity index (χ0n) is 21.0. The van der Waals surface area contributed by atoms with Crippen LogP contribution in [0.2, 0.25) is 0 Å². The Bertz CT molecular complexity index is 1310. The molecule has 200 valence electrons. The molecule has 9 nitrogen and oxygen atoms in total. The van der Waals surface area contributed by atoms with Crippen LogP contribution < -0.4 is 10.1 Å². The molecule has 0 saturated carbocycles. The number of hydrogen-bond donors (Lipinski definition) is 1. The molecule has 0 unspecified atom stereocenters. The molecule has 1 N–H and O–H groups in total. The van der Waals surface area contributed by atoms with Crippen LogP contribution in [0.5, 0.6) is 5.88 Å². The van der Waals surface area contributed by atoms with Crippen LogP contribution in [-0.2, 0) is 29.6 Å². The van der Waals surface area contributed by atoms with Crippen molar-refractivity contribution in [3.8, 4) is 5.88 Å². The number of nitrogens with one attached hydrogen (secondary N) is 1. The van der Waals surface area contributed by atoms with Crippen molar-refractivity contribution in [2.24, 2.45) is 0 Å². The first-order valence-electron chi connectivity index (χ1n) is 11.6. The van der Waals surface area contributed by atoms with Crippen LogP contribution in [-0.4, -0.2) is 61.2 Å². The molecule has 2 amide bonds. The van der Waals surface area contributed by atoms with Gasteiger partial charge in [-0.15, -0.1) is 0 Å². The zero-order valence-corrected chi connectivity index (χ0v) is 21.8. The van der Waals surface area contributed by atoms with Gasteiger partial charge >= 0.3 is 6.61 Å². The SMILES string of the molecule is Cc1ccc(NC(=O)C2(c3ccccc3C(C)C)CN(C(=O)CCC(=O)S(C)(=O)=O)C2)c(OC(F)F)n1. The number of aryl methyl sites for hydroxylation is 1. The second-order valence-corrected chi connectivity index (χ2v) is 11.4. The molecular weight excluding hydrogens is 508 g/mol. The summed E-state index contributed by atoms with van der Waals surface area (Å²) in [5, 5.41) is 1.62. The number of carbonyl (C=O) groups excluding carboxylic acids is 3. The van der Waals surface area contributed by atoms with Crippen molar-refractivity contribution >= 4 is 32.5 Å². The van der Waals surface area contributed by atoms with Gasteiger partial charge in [0.25, 0.3) is 0 Å². The molecule has 2 aromatic rings. The topological polar surface area (TPSA) is 123 Å². The molecular formula is C25H29F2N3O6S. The van der Waals surface area contributed by atoms with Crippen molar-refractivity contribution in [3.63, 3.8) is 0 Å². The van der Waals surface area contributed by atoms with Crippen molar-refractivity contribution in [1.82, 2.24) is 9.88 Å². The van der Waals surface area contributed by atoms with Crippen LogP contribution in [0.4, 0.5) is 14.5 Å². The highest BCUT2D eigenvalue weighted by Crippen LogP contribution is 2.41. The molecule has 2 heterocycles. The molecule has 0 atom stereocenters. The molecule has 1 fully saturated rings. The molecule has 0 radical (unpaired) electrons. The third-order valence-corrected chi connectivity index (χ3v) is 7.24. The largest absolute Gasteiger partial charge is 0.415 e. The number of pyridine rings is 1. The number of sulfone groups is 1. The smallest absolute Gasteiger partial charge is 0.388 e. The van der Waals surface area contributed by atoms with Crippen molar-refractivity contribution in [2.75, 3.05) is 24.7 Å². The second-order valence-electron chi connectivity index (χ2n) is 9.36. The number of carbonyl (C=O) groups is 3. The number of amides is 2. The van der Waals surface area contributed by atoms with E-state index in [2.05, 4.69) is 15.0 Å². The van der Waals surface area contributed by atoms with Gasteiger partial charge < -0.3 is 15.0 Å². The summed E-state index contributed by atoms with van der Waals surface area (Å²) in [5.41, 5.74) is 0.710. The van der Waals surface area contributed by atoms with E-state index in [-0.39, 0.29) is 31.1 Å². The van der Waals surface area contributed by atoms with Crippen LogP contribution in [0, 0.1) is 6.92 Å². The maximum absolute atomic E-state index is 13.7. The maximum Gasteiger partial charge on any atom is 0.388 e. The quantitative estimate of drug-likeness (QED) is 0.521. The molecule has 1 aliphatic heterocycles. The third kappa shape index (κ3) is 6.30. The van der Waals surface area contributed by atoms with E-state index in [1.54, 1.807) is 19.1 Å². The lowest BCUT2D eigenvalue weighted by Gasteiger charge is -2.50. The van der Waals surface area contributed by atoms with Crippen molar-refractivity contribution in [2.45, 2.75) is 51.6 Å². The third-order valence-electron chi connectivity index (χ3n) is 6.21. The summed E-state index contributed by atoms with van der Waals surface area (Å²) in [4.78, 5) is 43.5. The van der Waals surface area contributed by atoms with E-state index in [9.17, 15) is 31.6 Å². The fraction of sp³-hybridized carbons (Fsp3) is 0.440. The molecule has 37 heavy (non-hydrogen) atoms. The summed E-state index contributed by atoms with van der Waals surface area (Å²) in [7, 11) is -3.90. The van der Waals surface area contributed by atoms with Crippen molar-refractivity contribution < 1.29 is 36.3 Å². The number of nitrogens with zero attached hydrogens (tertiary/aromatic N) is 2. The van der Waals surface area contributed by atoms with Crippen LogP contribution >= 0.6 is 0 Å². The predicted octanol–water partition coefficient (Wildman–Crippen LogP) is 3.18. The highest BCUT2D eigenvalue weighted by molar-refractivity contribution is 8.05. The van der Waals surface area contributed by atoms with E-state index in [1.807, 2.05) is 26.0 Å². The maximum atomic E-state index is 13.7. The minimum atomic E-state index is -3.90. The molecule has 0 aliphatic carbocycles. The van der Waals surface area contributed by atoms with E-state index >= 15 is 0 Å². The first kappa shape index (κ1) is 28.2. The van der Waals surface area contributed by atoms with Gasteiger partial charge in [-0.1, -0.05) is 38.1 Å². The van der Waals surface area contributed by atoms with Gasteiger partial charge in [-0.25, -0.2) is 13.4 Å². The summed E-state index contributed by atoms with van der Waals surface area (Å²) in [6.07, 6.45) is 0.0105. The van der Waals surface area contributed by atoms with Gasteiger partial charge in [0.1, 0.15) is 11.1 Å². The number of ether oxygens (including phenoxy) is 1. The van der Waals surface area contributed by atoms with E-state index < -0.39 is 51.1 Å². The van der Waals surface area contributed by atoms with E-state index in [1.165, 1.54) is 17.0 Å². The Labute approximate surface area is 214 Å². The lowest BCUT2D eigenvalue weighted by molar-refractivity contribution is -0.144. The minimum absolute atomic E-state index is 0.0387. The number of halogens is 2. The normalized spacial score (nSPS) is 14.9. The minimum Gasteiger partial charge on any atom is -0.415 e. The Morgan fingerprint density at radius 2 is 1.76 bits per heavy atom. The van der Waals surface area contributed by atoms with E-state index in [0.29, 0.717) is 11.3 Å². The molecule has 0 bridgehead atoms. The Morgan fingerprint density at radius 3 is 2.35 bits per heavy atom. The van der Waals surface area contributed by atoms with Crippen LogP contribution in [0.25, 0.3) is 0 Å². The average Bonchev–Trinajstić information content (AvgIpc) is 2.77. The van der Waals surface area contributed by atoms with Gasteiger partial charge in [0, 0.05) is 37.9 Å². The predicted molar refractivity (Wildman–Crippen MR) is 132 cm³/mol. The van der Waals surface area contributed by atoms with Crippen LogP contribution in [0.1, 0.15) is 49.4 Å². The number of benzene rings is 1. The highest BCUT2D eigenvalue weighted by atomic mass is 32.2. The Morgan fingerprint density at radius 1 is 1.11 bits per heavy atom. The molecule has 1 aromatic carbocycles. The van der Waals surface area contributed by atoms with Gasteiger partial charge in [-0.05, 0) is 36.1 Å². The molecule has 1 saturated heterocycles. The number of anilines is 1. The zero-order chi connectivity index (χ0) is 27.5. The molecule has 3 rings (SSSR count). The summed E-state index contributed by atoms with van der Waals surface area (Å²) < 4.78 is 53.1. The van der Waals surface area contributed by atoms with Gasteiger partial charge in [0.05, 0.1) is 0 Å². The molecule has 1 aliphatic rings. The van der Waals surface area contributed by atoms with Gasteiger partial charge in [-0.3, -0.25) is 14.4 Å². The number of alkyl halides is 2. The van der Waals surface area contributed by atoms with Crippen LogP contribution in [0.3, 0.4) is 0 Å². The highest BCUT2D eigenvalue weighted by Gasteiger charge is 2.53. The standard InChI is InChI=1S/C25H29F2N3O6S/c1-15(2)17-7-5-6-8-18(17)25(13-30(14-25)20(31)11-12-21(32)37(4,34)35)23(33)29-19-10-9-16(3)28-22(19)36-24(26)27/h5-10,15,24H,11-14H2,1-4H3,(H,29,33).